The quantitative estimate of drug-likeness (QED) is 0.259. The molecule has 0 aromatic rings. The first-order chi connectivity index (χ1) is 4.41. The van der Waals surface area contributed by atoms with E-state index in [-0.39, 0.29) is 23.1 Å². The van der Waals surface area contributed by atoms with Gasteiger partial charge in [-0.25, -0.2) is 0 Å². The van der Waals surface area contributed by atoms with Gasteiger partial charge in [0.05, 0.1) is 0 Å². The van der Waals surface area contributed by atoms with E-state index >= 15 is 0 Å². The monoisotopic (exact) mass is 172 g/mol. The summed E-state index contributed by atoms with van der Waals surface area (Å²) in [6.45, 7) is 2.20. The SMILES string of the molecule is CCCC/C=C\CCCl.[MgH2]. The molecule has 2 heteroatoms. The summed E-state index contributed by atoms with van der Waals surface area (Å²) >= 11 is 5.46. The average molecular weight is 173 g/mol. The molecule has 0 saturated heterocycles. The minimum absolute atomic E-state index is 0. The Morgan fingerprint density at radius 1 is 1.20 bits per heavy atom. The standard InChI is InChI=1S/C8H15Cl.Mg.2H/c1-2-3-4-5-6-7-8-9;;;/h5-6H,2-4,7-8H2,1H3;;;/b6-5-;;;. The molecule has 0 saturated carbocycles. The predicted molar refractivity (Wildman–Crippen MR) is 52.5 cm³/mol. The lowest BCUT2D eigenvalue weighted by atomic mass is 10.2. The van der Waals surface area contributed by atoms with E-state index in [1.807, 2.05) is 0 Å². The fraction of sp³-hybridized carbons (Fsp3) is 0.750. The topological polar surface area (TPSA) is 0 Å². The summed E-state index contributed by atoms with van der Waals surface area (Å²) in [5.74, 6) is 0.753. The molecule has 58 valence electrons. The second-order valence-corrected chi connectivity index (χ2v) is 2.47. The molecule has 0 atom stereocenters. The second kappa shape index (κ2) is 12.5. The summed E-state index contributed by atoms with van der Waals surface area (Å²) < 4.78 is 0. The molecule has 0 amide bonds. The normalized spacial score (nSPS) is 9.80. The van der Waals surface area contributed by atoms with Gasteiger partial charge in [0.2, 0.25) is 0 Å². The van der Waals surface area contributed by atoms with Gasteiger partial charge in [0.25, 0.3) is 0 Å². The number of alkyl halides is 1. The maximum Gasteiger partial charge on any atom is 0.316 e. The third-order valence-corrected chi connectivity index (χ3v) is 1.39. The van der Waals surface area contributed by atoms with Gasteiger partial charge in [0.1, 0.15) is 0 Å². The lowest BCUT2D eigenvalue weighted by molar-refractivity contribution is 0.813. The lowest BCUT2D eigenvalue weighted by Gasteiger charge is -1.86. The summed E-state index contributed by atoms with van der Waals surface area (Å²) in [6.07, 6.45) is 9.19. The van der Waals surface area contributed by atoms with Gasteiger partial charge in [0.15, 0.2) is 0 Å². The van der Waals surface area contributed by atoms with Gasteiger partial charge in [-0.2, -0.15) is 0 Å². The first kappa shape index (κ1) is 13.4. The molecule has 10 heavy (non-hydrogen) atoms. The van der Waals surface area contributed by atoms with Gasteiger partial charge in [-0.05, 0) is 12.8 Å². The van der Waals surface area contributed by atoms with Crippen LogP contribution in [-0.4, -0.2) is 28.9 Å². The van der Waals surface area contributed by atoms with Crippen LogP contribution in [0, 0.1) is 0 Å². The minimum Gasteiger partial charge on any atom is -0.126 e. The summed E-state index contributed by atoms with van der Waals surface area (Å²) in [5.41, 5.74) is 0. The highest BCUT2D eigenvalue weighted by molar-refractivity contribution is 6.17. The Hall–Kier alpha value is 0.796. The maximum absolute atomic E-state index is 5.46. The van der Waals surface area contributed by atoms with Crippen molar-refractivity contribution in [2.24, 2.45) is 0 Å². The van der Waals surface area contributed by atoms with Crippen molar-refractivity contribution in [3.05, 3.63) is 12.2 Å². The molecule has 0 fully saturated rings. The lowest BCUT2D eigenvalue weighted by Crippen LogP contribution is -1.68. The average Bonchev–Trinajstić information content (AvgIpc) is 1.89. The zero-order chi connectivity index (χ0) is 6.95. The van der Waals surface area contributed by atoms with Crippen molar-refractivity contribution in [3.8, 4) is 0 Å². The predicted octanol–water partition coefficient (Wildman–Crippen LogP) is 2.45. The molecule has 0 aromatic heterocycles. The maximum atomic E-state index is 5.46. The van der Waals surface area contributed by atoms with Crippen molar-refractivity contribution in [2.45, 2.75) is 32.6 Å². The van der Waals surface area contributed by atoms with Crippen molar-refractivity contribution >= 4 is 34.7 Å². The fourth-order valence-electron chi connectivity index (χ4n) is 0.621. The first-order valence-electron chi connectivity index (χ1n) is 3.62. The number of allylic oxidation sites excluding steroid dienone is 2. The van der Waals surface area contributed by atoms with Crippen LogP contribution < -0.4 is 0 Å². The molecular formula is C8H17ClMg. The van der Waals surface area contributed by atoms with E-state index in [1.165, 1.54) is 19.3 Å². The number of hydrogen-bond donors (Lipinski definition) is 0. The Balaban J connectivity index is 0. The Kier molecular flexibility index (Phi) is 16.7. The van der Waals surface area contributed by atoms with E-state index in [2.05, 4.69) is 19.1 Å². The zero-order valence-electron chi connectivity index (χ0n) is 6.07. The molecule has 0 aliphatic carbocycles. The minimum atomic E-state index is 0. The molecule has 0 bridgehead atoms. The van der Waals surface area contributed by atoms with Gasteiger partial charge in [-0.15, -0.1) is 11.6 Å². The van der Waals surface area contributed by atoms with Crippen molar-refractivity contribution in [1.82, 2.24) is 0 Å². The van der Waals surface area contributed by atoms with E-state index < -0.39 is 0 Å². The Bertz CT molecular complexity index is 71.7. The van der Waals surface area contributed by atoms with Crippen LogP contribution in [-0.2, 0) is 0 Å². The highest BCUT2D eigenvalue weighted by Crippen LogP contribution is 1.96. The third kappa shape index (κ3) is 11.6. The van der Waals surface area contributed by atoms with E-state index in [4.69, 9.17) is 11.6 Å². The van der Waals surface area contributed by atoms with Crippen LogP contribution in [0.2, 0.25) is 0 Å². The van der Waals surface area contributed by atoms with E-state index in [1.54, 1.807) is 0 Å². The van der Waals surface area contributed by atoms with Crippen LogP contribution in [0.4, 0.5) is 0 Å². The van der Waals surface area contributed by atoms with Crippen LogP contribution in [0.1, 0.15) is 32.6 Å². The van der Waals surface area contributed by atoms with E-state index in [0.717, 1.165) is 12.3 Å². The van der Waals surface area contributed by atoms with Crippen molar-refractivity contribution in [2.75, 3.05) is 5.88 Å². The number of unbranched alkanes of at least 4 members (excludes halogenated alkanes) is 2. The second-order valence-electron chi connectivity index (χ2n) is 2.09. The van der Waals surface area contributed by atoms with E-state index in [9.17, 15) is 0 Å². The van der Waals surface area contributed by atoms with Crippen molar-refractivity contribution in [1.29, 1.82) is 0 Å². The fourth-order valence-corrected chi connectivity index (χ4v) is 0.747. The molecular weight excluding hydrogens is 156 g/mol. The molecule has 0 rings (SSSR count). The van der Waals surface area contributed by atoms with Crippen LogP contribution >= 0.6 is 11.6 Å². The van der Waals surface area contributed by atoms with Crippen LogP contribution in [0.5, 0.6) is 0 Å². The molecule has 0 radical (unpaired) electrons. The molecule has 0 N–H and O–H groups in total. The molecule has 0 unspecified atom stereocenters. The third-order valence-electron chi connectivity index (χ3n) is 1.17. The van der Waals surface area contributed by atoms with Crippen molar-refractivity contribution in [3.63, 3.8) is 0 Å². The summed E-state index contributed by atoms with van der Waals surface area (Å²) in [4.78, 5) is 0. The van der Waals surface area contributed by atoms with Gasteiger partial charge in [-0.3, -0.25) is 0 Å². The number of rotatable bonds is 5. The molecule has 0 aliphatic rings. The summed E-state index contributed by atoms with van der Waals surface area (Å²) in [7, 11) is 0. The summed E-state index contributed by atoms with van der Waals surface area (Å²) in [5, 5.41) is 0. The highest BCUT2D eigenvalue weighted by atomic mass is 35.5. The molecule has 0 spiro atoms. The Morgan fingerprint density at radius 3 is 2.30 bits per heavy atom. The summed E-state index contributed by atoms with van der Waals surface area (Å²) in [6, 6.07) is 0. The van der Waals surface area contributed by atoms with Gasteiger partial charge in [-0.1, -0.05) is 31.9 Å². The number of halogens is 1. The largest absolute Gasteiger partial charge is 0.316 e. The van der Waals surface area contributed by atoms with Crippen LogP contribution in [0.3, 0.4) is 0 Å². The zero-order valence-corrected chi connectivity index (χ0v) is 6.82. The van der Waals surface area contributed by atoms with Crippen LogP contribution in [0.15, 0.2) is 12.2 Å². The van der Waals surface area contributed by atoms with Gasteiger partial charge in [0, 0.05) is 5.88 Å². The molecule has 0 nitrogen and oxygen atoms in total. The Labute approximate surface area is 85.2 Å². The number of hydrogen-bond acceptors (Lipinski definition) is 0. The van der Waals surface area contributed by atoms with Crippen LogP contribution in [0.25, 0.3) is 0 Å². The highest BCUT2D eigenvalue weighted by Gasteiger charge is 1.77. The first-order valence-corrected chi connectivity index (χ1v) is 4.16. The van der Waals surface area contributed by atoms with Gasteiger partial charge >= 0.3 is 23.1 Å². The molecule has 0 heterocycles. The van der Waals surface area contributed by atoms with Crippen molar-refractivity contribution < 1.29 is 0 Å². The smallest absolute Gasteiger partial charge is 0.126 e. The van der Waals surface area contributed by atoms with Gasteiger partial charge < -0.3 is 0 Å². The molecule has 0 aromatic carbocycles. The molecule has 0 aliphatic heterocycles. The Morgan fingerprint density at radius 2 is 1.80 bits per heavy atom. The van der Waals surface area contributed by atoms with E-state index in [0.29, 0.717) is 0 Å².